The molecule has 1 amide bonds. The predicted octanol–water partition coefficient (Wildman–Crippen LogP) is 4.30. The second kappa shape index (κ2) is 11.1. The van der Waals surface area contributed by atoms with Crippen molar-refractivity contribution in [2.45, 2.75) is 45.8 Å². The maximum absolute atomic E-state index is 12.6. The lowest BCUT2D eigenvalue weighted by Gasteiger charge is -2.21. The minimum absolute atomic E-state index is 0.125. The molecule has 0 bridgehead atoms. The van der Waals surface area contributed by atoms with Gasteiger partial charge in [-0.3, -0.25) is 4.79 Å². The first kappa shape index (κ1) is 22.3. The highest BCUT2D eigenvalue weighted by Gasteiger charge is 2.23. The van der Waals surface area contributed by atoms with Crippen LogP contribution in [-0.2, 0) is 9.53 Å². The summed E-state index contributed by atoms with van der Waals surface area (Å²) in [5, 5.41) is 2.98. The second-order valence-electron chi connectivity index (χ2n) is 6.61. The van der Waals surface area contributed by atoms with Gasteiger partial charge in [-0.15, -0.1) is 0 Å². The Morgan fingerprint density at radius 2 is 1.76 bits per heavy atom. The predicted molar refractivity (Wildman–Crippen MR) is 111 cm³/mol. The molecule has 0 unspecified atom stereocenters. The van der Waals surface area contributed by atoms with Gasteiger partial charge in [-0.25, -0.2) is 4.79 Å². The number of rotatable bonds is 10. The molecule has 0 saturated carbocycles. The van der Waals surface area contributed by atoms with Crippen molar-refractivity contribution in [3.8, 4) is 11.5 Å². The topological polar surface area (TPSA) is 73.9 Å². The zero-order chi connectivity index (χ0) is 21.2. The Labute approximate surface area is 172 Å². The lowest BCUT2D eigenvalue weighted by atomic mass is 10.0. The van der Waals surface area contributed by atoms with Gasteiger partial charge in [0.15, 0.2) is 17.6 Å². The zero-order valence-electron chi connectivity index (χ0n) is 17.4. The van der Waals surface area contributed by atoms with Gasteiger partial charge >= 0.3 is 5.97 Å². The van der Waals surface area contributed by atoms with Crippen LogP contribution >= 0.6 is 0 Å². The summed E-state index contributed by atoms with van der Waals surface area (Å²) in [5.41, 5.74) is 1.32. The molecule has 0 aliphatic heterocycles. The standard InChI is InChI=1S/C23H29NO5/c1-5-10-19(17-11-8-7-9-12-17)24-22(25)16(3)29-23(26)18-13-14-20(28-6-2)21(15-18)27-4/h7-9,11-16,19H,5-6,10H2,1-4H3,(H,24,25)/t16-,19+/m1/s1. The van der Waals surface area contributed by atoms with Gasteiger partial charge in [0.05, 0.1) is 25.3 Å². The van der Waals surface area contributed by atoms with Crippen molar-refractivity contribution in [2.24, 2.45) is 0 Å². The Bertz CT molecular complexity index is 806. The van der Waals surface area contributed by atoms with Crippen LogP contribution in [0.5, 0.6) is 11.5 Å². The molecule has 2 aromatic carbocycles. The van der Waals surface area contributed by atoms with E-state index in [1.807, 2.05) is 37.3 Å². The van der Waals surface area contributed by atoms with Gasteiger partial charge in [-0.1, -0.05) is 43.7 Å². The minimum Gasteiger partial charge on any atom is -0.493 e. The van der Waals surface area contributed by atoms with Gasteiger partial charge < -0.3 is 19.5 Å². The van der Waals surface area contributed by atoms with Crippen molar-refractivity contribution in [1.29, 1.82) is 0 Å². The molecule has 0 saturated heterocycles. The molecule has 1 N–H and O–H groups in total. The number of hydrogen-bond donors (Lipinski definition) is 1. The van der Waals surface area contributed by atoms with E-state index >= 15 is 0 Å². The number of benzene rings is 2. The summed E-state index contributed by atoms with van der Waals surface area (Å²) in [4.78, 5) is 25.1. The number of esters is 1. The third-order valence-corrected chi connectivity index (χ3v) is 4.45. The zero-order valence-corrected chi connectivity index (χ0v) is 17.4. The third-order valence-electron chi connectivity index (χ3n) is 4.45. The maximum Gasteiger partial charge on any atom is 0.339 e. The normalized spacial score (nSPS) is 12.6. The van der Waals surface area contributed by atoms with Gasteiger partial charge in [0, 0.05) is 0 Å². The molecular weight excluding hydrogens is 370 g/mol. The molecule has 0 radical (unpaired) electrons. The molecule has 29 heavy (non-hydrogen) atoms. The second-order valence-corrected chi connectivity index (χ2v) is 6.61. The molecule has 0 aliphatic carbocycles. The van der Waals surface area contributed by atoms with Crippen LogP contribution in [0.25, 0.3) is 0 Å². The quantitative estimate of drug-likeness (QED) is 0.603. The summed E-state index contributed by atoms with van der Waals surface area (Å²) in [6.07, 6.45) is 0.787. The van der Waals surface area contributed by atoms with E-state index in [1.165, 1.54) is 7.11 Å². The molecule has 2 atom stereocenters. The Morgan fingerprint density at radius 1 is 1.03 bits per heavy atom. The monoisotopic (exact) mass is 399 g/mol. The molecule has 0 aliphatic rings. The highest BCUT2D eigenvalue weighted by atomic mass is 16.5. The number of amides is 1. The van der Waals surface area contributed by atoms with E-state index < -0.39 is 12.1 Å². The first-order valence-electron chi connectivity index (χ1n) is 9.87. The molecule has 6 heteroatoms. The van der Waals surface area contributed by atoms with Crippen molar-refractivity contribution in [1.82, 2.24) is 5.32 Å². The van der Waals surface area contributed by atoms with E-state index in [4.69, 9.17) is 14.2 Å². The first-order chi connectivity index (χ1) is 14.0. The van der Waals surface area contributed by atoms with E-state index in [1.54, 1.807) is 25.1 Å². The Kier molecular flexibility index (Phi) is 8.52. The van der Waals surface area contributed by atoms with Gasteiger partial charge in [0.25, 0.3) is 5.91 Å². The smallest absolute Gasteiger partial charge is 0.339 e. The fourth-order valence-electron chi connectivity index (χ4n) is 2.94. The summed E-state index contributed by atoms with van der Waals surface area (Å²) in [7, 11) is 1.50. The molecule has 0 fully saturated rings. The largest absolute Gasteiger partial charge is 0.493 e. The summed E-state index contributed by atoms with van der Waals surface area (Å²) in [6, 6.07) is 14.4. The van der Waals surface area contributed by atoms with Crippen LogP contribution in [0.1, 0.15) is 55.6 Å². The third kappa shape index (κ3) is 6.24. The molecule has 0 aromatic heterocycles. The first-order valence-corrected chi connectivity index (χ1v) is 9.87. The van der Waals surface area contributed by atoms with Crippen molar-refractivity contribution in [2.75, 3.05) is 13.7 Å². The van der Waals surface area contributed by atoms with E-state index in [0.29, 0.717) is 18.1 Å². The van der Waals surface area contributed by atoms with Crippen molar-refractivity contribution in [3.63, 3.8) is 0 Å². The van der Waals surface area contributed by atoms with Gasteiger partial charge in [-0.2, -0.15) is 0 Å². The number of carbonyl (C=O) groups excluding carboxylic acids is 2. The molecule has 2 rings (SSSR count). The number of methoxy groups -OCH3 is 1. The van der Waals surface area contributed by atoms with Crippen LogP contribution in [0.2, 0.25) is 0 Å². The lowest BCUT2D eigenvalue weighted by molar-refractivity contribution is -0.129. The summed E-state index contributed by atoms with van der Waals surface area (Å²) in [6.45, 7) is 5.97. The fourth-order valence-corrected chi connectivity index (χ4v) is 2.94. The van der Waals surface area contributed by atoms with Crippen LogP contribution in [0.15, 0.2) is 48.5 Å². The molecule has 6 nitrogen and oxygen atoms in total. The highest BCUT2D eigenvalue weighted by Crippen LogP contribution is 2.28. The van der Waals surface area contributed by atoms with Crippen LogP contribution < -0.4 is 14.8 Å². The SMILES string of the molecule is CCC[C@H](NC(=O)[C@@H](C)OC(=O)c1ccc(OCC)c(OC)c1)c1ccccc1. The summed E-state index contributed by atoms with van der Waals surface area (Å²) < 4.78 is 16.1. The lowest BCUT2D eigenvalue weighted by Crippen LogP contribution is -2.38. The number of nitrogens with one attached hydrogen (secondary N) is 1. The number of carbonyl (C=O) groups is 2. The Balaban J connectivity index is 2.03. The average Bonchev–Trinajstić information content (AvgIpc) is 2.74. The van der Waals surface area contributed by atoms with Gasteiger partial charge in [-0.05, 0) is 44.0 Å². The summed E-state index contributed by atoms with van der Waals surface area (Å²) in [5.74, 6) is 0.0485. The average molecular weight is 399 g/mol. The molecule has 0 spiro atoms. The number of hydrogen-bond acceptors (Lipinski definition) is 5. The van der Waals surface area contributed by atoms with Gasteiger partial charge in [0.1, 0.15) is 0 Å². The van der Waals surface area contributed by atoms with E-state index in [0.717, 1.165) is 18.4 Å². The van der Waals surface area contributed by atoms with Crippen LogP contribution in [0.4, 0.5) is 0 Å². The van der Waals surface area contributed by atoms with Gasteiger partial charge in [0.2, 0.25) is 0 Å². The van der Waals surface area contributed by atoms with Crippen LogP contribution in [0, 0.1) is 0 Å². The molecule has 156 valence electrons. The molecular formula is C23H29NO5. The molecule has 2 aromatic rings. The number of ether oxygens (including phenoxy) is 3. The summed E-state index contributed by atoms with van der Waals surface area (Å²) >= 11 is 0. The molecule has 0 heterocycles. The Hall–Kier alpha value is -3.02. The van der Waals surface area contributed by atoms with Crippen LogP contribution in [-0.4, -0.2) is 31.7 Å². The van der Waals surface area contributed by atoms with Crippen molar-refractivity contribution in [3.05, 3.63) is 59.7 Å². The van der Waals surface area contributed by atoms with Crippen molar-refractivity contribution < 1.29 is 23.8 Å². The Morgan fingerprint density at radius 3 is 2.38 bits per heavy atom. The van der Waals surface area contributed by atoms with Crippen LogP contribution in [0.3, 0.4) is 0 Å². The van der Waals surface area contributed by atoms with Crippen molar-refractivity contribution >= 4 is 11.9 Å². The minimum atomic E-state index is -0.928. The maximum atomic E-state index is 12.6. The van der Waals surface area contributed by atoms with E-state index in [9.17, 15) is 9.59 Å². The fraction of sp³-hybridized carbons (Fsp3) is 0.391. The van der Waals surface area contributed by atoms with E-state index in [2.05, 4.69) is 12.2 Å². The highest BCUT2D eigenvalue weighted by molar-refractivity contribution is 5.93. The van der Waals surface area contributed by atoms with E-state index in [-0.39, 0.29) is 17.5 Å².